The second-order valence-electron chi connectivity index (χ2n) is 22.4. The SMILES string of the molecule is C[Si](C)(C)[N-][Si](C)(C)C.C[Si](C)(C)[N-][Si](C)(C)C.C[Si](C)(C)[N-][Si](C)(C)C.Cc1cc(C)c([Si]([O-])(c2c(C)cc(C)cc2C)c2c(C)cc(C)cc2C)c(C)c1.[U+4]. The second-order valence-corrected chi connectivity index (χ2v) is 54.0. The van der Waals surface area contributed by atoms with Crippen LogP contribution in [0.2, 0.25) is 118 Å². The molecule has 0 atom stereocenters. The van der Waals surface area contributed by atoms with Crippen LogP contribution in [0.4, 0.5) is 0 Å². The van der Waals surface area contributed by atoms with E-state index in [1.54, 1.807) is 0 Å². The standard InChI is InChI=1S/C27H33OSi.3C6H18NSi2.U/c1-16-10-19(4)25(20(5)11-16)29(28,26-21(6)12-17(2)13-22(26)7)27-23(8)14-18(3)15-24(27)9;3*1-8(2,3)7-9(4,5)6;/h10-15H,1-9H3;3*1-6H3;/q4*-1;+4. The molecule has 0 aromatic heterocycles. The molecule has 0 N–H and O–H groups in total. The molecule has 3 aromatic rings. The Morgan fingerprint density at radius 1 is 0.298 bits per heavy atom. The molecule has 0 radical (unpaired) electrons. The van der Waals surface area contributed by atoms with E-state index in [4.69, 9.17) is 13.9 Å². The Morgan fingerprint density at radius 2 is 0.421 bits per heavy atom. The summed E-state index contributed by atoms with van der Waals surface area (Å²) >= 11 is 0. The summed E-state index contributed by atoms with van der Waals surface area (Å²) in [7, 11) is -10.1. The number of nitrogens with zero attached hydrogens (tertiary/aromatic N) is 3. The van der Waals surface area contributed by atoms with Crippen molar-refractivity contribution < 1.29 is 35.9 Å². The van der Waals surface area contributed by atoms with E-state index in [1.807, 2.05) is 0 Å². The molecular formula is C45H87N3OSi7U. The smallest absolute Gasteiger partial charge is 0.848 e. The van der Waals surface area contributed by atoms with Crippen molar-refractivity contribution in [3.8, 4) is 0 Å². The monoisotopic (exact) mass is 1120 g/mol. The van der Waals surface area contributed by atoms with Gasteiger partial charge in [0.2, 0.25) is 0 Å². The largest absolute Gasteiger partial charge is 4.00 e. The van der Waals surface area contributed by atoms with Crippen LogP contribution in [0.5, 0.6) is 0 Å². The van der Waals surface area contributed by atoms with Crippen molar-refractivity contribution in [1.82, 2.24) is 0 Å². The van der Waals surface area contributed by atoms with Crippen molar-refractivity contribution >= 4 is 73.3 Å². The maximum absolute atomic E-state index is 15.5. The third-order valence-corrected chi connectivity index (χ3v) is 28.7. The van der Waals surface area contributed by atoms with Crippen LogP contribution in [0.3, 0.4) is 0 Å². The van der Waals surface area contributed by atoms with E-state index in [0.29, 0.717) is 0 Å². The van der Waals surface area contributed by atoms with Crippen LogP contribution in [0.25, 0.3) is 13.9 Å². The molecule has 320 valence electrons. The van der Waals surface area contributed by atoms with Gasteiger partial charge in [-0.05, 0) is 62.3 Å². The van der Waals surface area contributed by atoms with Crippen LogP contribution in [0.15, 0.2) is 36.4 Å². The summed E-state index contributed by atoms with van der Waals surface area (Å²) < 4.78 is 14.5. The van der Waals surface area contributed by atoms with Crippen LogP contribution >= 0.6 is 0 Å². The minimum Gasteiger partial charge on any atom is -0.848 e. The molecular weight excluding hydrogens is 1030 g/mol. The second kappa shape index (κ2) is 22.4. The molecule has 0 aliphatic heterocycles. The molecule has 4 nitrogen and oxygen atoms in total. The number of hydrogen-bond donors (Lipinski definition) is 0. The summed E-state index contributed by atoms with van der Waals surface area (Å²) in [6.45, 7) is 60.4. The molecule has 0 bridgehead atoms. The fourth-order valence-corrected chi connectivity index (χ4v) is 37.3. The molecule has 0 saturated carbocycles. The third-order valence-electron chi connectivity index (χ3n) is 8.10. The van der Waals surface area contributed by atoms with Crippen molar-refractivity contribution in [2.75, 3.05) is 0 Å². The molecule has 0 amide bonds. The van der Waals surface area contributed by atoms with E-state index in [9.17, 15) is 0 Å². The van der Waals surface area contributed by atoms with E-state index in [-0.39, 0.29) is 31.1 Å². The van der Waals surface area contributed by atoms with Gasteiger partial charge in [0, 0.05) is 0 Å². The van der Waals surface area contributed by atoms with Crippen molar-refractivity contribution in [1.29, 1.82) is 0 Å². The fraction of sp³-hybridized carbons (Fsp3) is 0.600. The van der Waals surface area contributed by atoms with Gasteiger partial charge in [-0.3, -0.25) is 0 Å². The summed E-state index contributed by atoms with van der Waals surface area (Å²) in [5, 5.41) is 3.11. The number of benzene rings is 3. The van der Waals surface area contributed by atoms with Gasteiger partial charge in [-0.15, -0.1) is 0 Å². The molecule has 0 spiro atoms. The van der Waals surface area contributed by atoms with Crippen molar-refractivity contribution in [3.63, 3.8) is 0 Å². The van der Waals surface area contributed by atoms with E-state index in [2.05, 4.69) is 217 Å². The normalized spacial score (nSPS) is 12.6. The summed E-state index contributed by atoms with van der Waals surface area (Å²) in [6.07, 6.45) is 0. The first-order valence-corrected chi connectivity index (χ1v) is 43.4. The molecule has 0 aliphatic carbocycles. The van der Waals surface area contributed by atoms with Crippen LogP contribution in [0, 0.1) is 93.4 Å². The quantitative estimate of drug-likeness (QED) is 0.156. The minimum atomic E-state index is -3.46. The Morgan fingerprint density at radius 3 is 0.509 bits per heavy atom. The molecule has 0 unspecified atom stereocenters. The van der Waals surface area contributed by atoms with Gasteiger partial charge >= 0.3 is 31.1 Å². The molecule has 0 aliphatic rings. The predicted octanol–water partition coefficient (Wildman–Crippen LogP) is 12.9. The average Bonchev–Trinajstić information content (AvgIpc) is 2.81. The Hall–Kier alpha value is 0.0701. The summed E-state index contributed by atoms with van der Waals surface area (Å²) in [5.74, 6) is 0. The molecule has 0 fully saturated rings. The van der Waals surface area contributed by atoms with Gasteiger partial charge < -0.3 is 18.7 Å². The van der Waals surface area contributed by atoms with Gasteiger partial charge in [-0.2, -0.15) is 0 Å². The maximum atomic E-state index is 15.5. The third kappa shape index (κ3) is 23.2. The van der Waals surface area contributed by atoms with Gasteiger partial charge in [-0.1, -0.05) is 269 Å². The van der Waals surface area contributed by atoms with Gasteiger partial charge in [0.1, 0.15) is 0 Å². The number of aryl methyl sites for hydroxylation is 9. The Bertz CT molecular complexity index is 1430. The molecule has 12 heteroatoms. The zero-order chi connectivity index (χ0) is 44.8. The Kier molecular flexibility index (Phi) is 23.3. The maximum Gasteiger partial charge on any atom is 4.00 e. The average molecular weight is 1120 g/mol. The Balaban J connectivity index is 0. The van der Waals surface area contributed by atoms with Gasteiger partial charge in [0.05, 0.1) is 8.32 Å². The first-order chi connectivity index (χ1) is 24.6. The van der Waals surface area contributed by atoms with E-state index in [0.717, 1.165) is 48.9 Å². The fourth-order valence-electron chi connectivity index (χ4n) is 8.60. The molecule has 3 aromatic carbocycles. The number of hydrogen-bond acceptors (Lipinski definition) is 1. The van der Waals surface area contributed by atoms with Crippen molar-refractivity contribution in [2.24, 2.45) is 0 Å². The summed E-state index contributed by atoms with van der Waals surface area (Å²) in [5.41, 5.74) is 10.4. The van der Waals surface area contributed by atoms with E-state index in [1.165, 1.54) is 16.7 Å². The molecule has 57 heavy (non-hydrogen) atoms. The van der Waals surface area contributed by atoms with Crippen LogP contribution in [-0.2, 0) is 0 Å². The zero-order valence-electron chi connectivity index (χ0n) is 42.2. The summed E-state index contributed by atoms with van der Waals surface area (Å²) in [6, 6.07) is 13.1. The van der Waals surface area contributed by atoms with Gasteiger partial charge in [0.25, 0.3) is 0 Å². The zero-order valence-corrected chi connectivity index (χ0v) is 53.4. The van der Waals surface area contributed by atoms with Gasteiger partial charge in [-0.25, -0.2) is 0 Å². The van der Waals surface area contributed by atoms with Crippen LogP contribution in [0.1, 0.15) is 50.1 Å². The van der Waals surface area contributed by atoms with Crippen LogP contribution < -0.4 is 20.4 Å². The number of rotatable bonds is 9. The minimum absolute atomic E-state index is 0. The molecule has 0 heterocycles. The summed E-state index contributed by atoms with van der Waals surface area (Å²) in [4.78, 5) is 15.5. The van der Waals surface area contributed by atoms with E-state index < -0.39 is 57.7 Å². The Labute approximate surface area is 386 Å². The first-order valence-electron chi connectivity index (χ1n) is 20.8. The van der Waals surface area contributed by atoms with E-state index >= 15 is 4.80 Å². The van der Waals surface area contributed by atoms with Crippen molar-refractivity contribution in [3.05, 3.63) is 100 Å². The van der Waals surface area contributed by atoms with Crippen LogP contribution in [-0.4, -0.2) is 57.7 Å². The topological polar surface area (TPSA) is 65.4 Å². The predicted molar refractivity (Wildman–Crippen MR) is 277 cm³/mol. The molecule has 3 rings (SSSR count). The van der Waals surface area contributed by atoms with Crippen molar-refractivity contribution in [2.45, 2.75) is 180 Å². The molecule has 0 saturated heterocycles. The first kappa shape index (κ1) is 59.2. The van der Waals surface area contributed by atoms with Gasteiger partial charge in [0.15, 0.2) is 0 Å².